The predicted molar refractivity (Wildman–Crippen MR) is 91.5 cm³/mol. The van der Waals surface area contributed by atoms with E-state index in [2.05, 4.69) is 25.3 Å². The van der Waals surface area contributed by atoms with Gasteiger partial charge in [-0.3, -0.25) is 15.1 Å². The molecule has 0 unspecified atom stereocenters. The van der Waals surface area contributed by atoms with Crippen molar-refractivity contribution >= 4 is 23.5 Å². The highest BCUT2D eigenvalue weighted by molar-refractivity contribution is 6.31. The van der Waals surface area contributed by atoms with E-state index in [9.17, 15) is 9.18 Å². The highest BCUT2D eigenvalue weighted by Crippen LogP contribution is 2.18. The monoisotopic (exact) mass is 357 g/mol. The number of nitrogens with zero attached hydrogens (tertiary/aromatic N) is 4. The van der Waals surface area contributed by atoms with Gasteiger partial charge >= 0.3 is 0 Å². The van der Waals surface area contributed by atoms with Crippen LogP contribution in [0.5, 0.6) is 0 Å². The highest BCUT2D eigenvalue weighted by Gasteiger charge is 2.12. The Morgan fingerprint density at radius 2 is 2.04 bits per heavy atom. The lowest BCUT2D eigenvalue weighted by Gasteiger charge is -2.07. The summed E-state index contributed by atoms with van der Waals surface area (Å²) in [6.45, 7) is 1.70. The minimum atomic E-state index is -0.456. The number of hydrogen-bond donors (Lipinski definition) is 1. The third-order valence-corrected chi connectivity index (χ3v) is 3.61. The lowest BCUT2D eigenvalue weighted by Crippen LogP contribution is -2.17. The van der Waals surface area contributed by atoms with Gasteiger partial charge in [0.05, 0.1) is 6.42 Å². The van der Waals surface area contributed by atoms with E-state index in [4.69, 9.17) is 11.6 Å². The number of halogens is 2. The van der Waals surface area contributed by atoms with Crippen LogP contribution in [0.1, 0.15) is 11.4 Å². The minimum Gasteiger partial charge on any atom is -0.294 e. The molecular formula is C17H13ClFN5O. The van der Waals surface area contributed by atoms with Crippen LogP contribution in [0.2, 0.25) is 5.02 Å². The zero-order valence-corrected chi connectivity index (χ0v) is 14.0. The van der Waals surface area contributed by atoms with Gasteiger partial charge in [0.2, 0.25) is 11.9 Å². The Labute approximate surface area is 148 Å². The molecule has 2 heterocycles. The van der Waals surface area contributed by atoms with Gasteiger partial charge in [-0.1, -0.05) is 23.7 Å². The molecule has 3 aromatic rings. The fourth-order valence-corrected chi connectivity index (χ4v) is 2.39. The van der Waals surface area contributed by atoms with Gasteiger partial charge in [-0.2, -0.15) is 9.97 Å². The number of aromatic nitrogens is 4. The first kappa shape index (κ1) is 16.9. The van der Waals surface area contributed by atoms with Crippen molar-refractivity contribution in [3.8, 4) is 11.5 Å². The lowest BCUT2D eigenvalue weighted by molar-refractivity contribution is -0.115. The first-order valence-electron chi connectivity index (χ1n) is 7.39. The van der Waals surface area contributed by atoms with Gasteiger partial charge in [-0.15, -0.1) is 0 Å². The molecule has 0 atom stereocenters. The van der Waals surface area contributed by atoms with Crippen LogP contribution in [0.3, 0.4) is 0 Å². The number of anilines is 1. The van der Waals surface area contributed by atoms with Crippen LogP contribution in [0, 0.1) is 12.7 Å². The summed E-state index contributed by atoms with van der Waals surface area (Å²) < 4.78 is 13.1. The van der Waals surface area contributed by atoms with Crippen LogP contribution >= 0.6 is 11.6 Å². The highest BCUT2D eigenvalue weighted by atomic mass is 35.5. The predicted octanol–water partition coefficient (Wildman–Crippen LogP) is 3.22. The maximum absolute atomic E-state index is 13.1. The van der Waals surface area contributed by atoms with E-state index in [-0.39, 0.29) is 23.3 Å². The number of hydrogen-bond acceptors (Lipinski definition) is 5. The average molecular weight is 358 g/mol. The first-order valence-corrected chi connectivity index (χ1v) is 7.77. The number of carbonyl (C=O) groups excluding carboxylic acids is 1. The summed E-state index contributed by atoms with van der Waals surface area (Å²) in [5.41, 5.74) is 1.08. The quantitative estimate of drug-likeness (QED) is 0.775. The van der Waals surface area contributed by atoms with E-state index < -0.39 is 5.82 Å². The Bertz CT molecular complexity index is 920. The molecular weight excluding hydrogens is 345 g/mol. The molecule has 0 aliphatic rings. The molecule has 0 saturated carbocycles. The van der Waals surface area contributed by atoms with Gasteiger partial charge in [0.1, 0.15) is 17.3 Å². The van der Waals surface area contributed by atoms with Gasteiger partial charge in [-0.25, -0.2) is 9.37 Å². The van der Waals surface area contributed by atoms with Crippen LogP contribution in [-0.2, 0) is 11.2 Å². The Morgan fingerprint density at radius 1 is 1.20 bits per heavy atom. The van der Waals surface area contributed by atoms with Crippen molar-refractivity contribution in [3.63, 3.8) is 0 Å². The lowest BCUT2D eigenvalue weighted by atomic mass is 10.1. The summed E-state index contributed by atoms with van der Waals surface area (Å²) >= 11 is 5.94. The van der Waals surface area contributed by atoms with Gasteiger partial charge in [0, 0.05) is 11.2 Å². The van der Waals surface area contributed by atoms with E-state index in [1.54, 1.807) is 25.3 Å². The summed E-state index contributed by atoms with van der Waals surface area (Å²) in [5.74, 6) is 0.110. The Kier molecular flexibility index (Phi) is 4.95. The smallest absolute Gasteiger partial charge is 0.233 e. The van der Waals surface area contributed by atoms with Gasteiger partial charge in [0.15, 0.2) is 5.82 Å². The topological polar surface area (TPSA) is 80.7 Å². The van der Waals surface area contributed by atoms with Crippen molar-refractivity contribution in [3.05, 3.63) is 64.8 Å². The first-order chi connectivity index (χ1) is 12.0. The summed E-state index contributed by atoms with van der Waals surface area (Å²) in [7, 11) is 0. The van der Waals surface area contributed by atoms with Crippen molar-refractivity contribution in [2.75, 3.05) is 5.32 Å². The fraction of sp³-hybridized carbons (Fsp3) is 0.118. The fourth-order valence-electron chi connectivity index (χ4n) is 2.15. The van der Waals surface area contributed by atoms with E-state index in [0.717, 1.165) is 6.07 Å². The zero-order chi connectivity index (χ0) is 17.8. The number of benzene rings is 1. The number of amides is 1. The molecule has 1 amide bonds. The standard InChI is InChI=1S/C17H13ClFN5O/c1-10-21-16(14-4-2-3-7-20-14)24-17(22-10)23-15(25)8-11-5-6-12(19)9-13(11)18/h2-7,9H,8H2,1H3,(H,21,22,23,24,25). The van der Waals surface area contributed by atoms with Crippen LogP contribution < -0.4 is 5.32 Å². The van der Waals surface area contributed by atoms with Crippen LogP contribution in [-0.4, -0.2) is 25.8 Å². The van der Waals surface area contributed by atoms with Gasteiger partial charge in [0.25, 0.3) is 0 Å². The van der Waals surface area contributed by atoms with Crippen molar-refractivity contribution in [1.29, 1.82) is 0 Å². The number of nitrogens with one attached hydrogen (secondary N) is 1. The van der Waals surface area contributed by atoms with Crippen molar-refractivity contribution in [2.45, 2.75) is 13.3 Å². The number of carbonyl (C=O) groups is 1. The molecule has 25 heavy (non-hydrogen) atoms. The van der Waals surface area contributed by atoms with Crippen LogP contribution in [0.4, 0.5) is 10.3 Å². The van der Waals surface area contributed by atoms with E-state index in [0.29, 0.717) is 22.9 Å². The van der Waals surface area contributed by atoms with Gasteiger partial charge in [-0.05, 0) is 36.8 Å². The van der Waals surface area contributed by atoms with Crippen molar-refractivity contribution < 1.29 is 9.18 Å². The Morgan fingerprint density at radius 3 is 2.76 bits per heavy atom. The molecule has 0 saturated heterocycles. The van der Waals surface area contributed by atoms with E-state index in [1.165, 1.54) is 12.1 Å². The molecule has 0 radical (unpaired) electrons. The Hall–Kier alpha value is -2.93. The second-order valence-corrected chi connectivity index (χ2v) is 5.61. The zero-order valence-electron chi connectivity index (χ0n) is 13.2. The normalized spacial score (nSPS) is 10.5. The van der Waals surface area contributed by atoms with Crippen molar-refractivity contribution in [1.82, 2.24) is 19.9 Å². The molecule has 1 N–H and O–H groups in total. The summed E-state index contributed by atoms with van der Waals surface area (Å²) in [6.07, 6.45) is 1.60. The molecule has 8 heteroatoms. The molecule has 0 aliphatic heterocycles. The molecule has 2 aromatic heterocycles. The minimum absolute atomic E-state index is 0.0250. The molecule has 3 rings (SSSR count). The summed E-state index contributed by atoms with van der Waals surface area (Å²) in [4.78, 5) is 28.9. The number of rotatable bonds is 4. The number of pyridine rings is 1. The van der Waals surface area contributed by atoms with Gasteiger partial charge < -0.3 is 0 Å². The third-order valence-electron chi connectivity index (χ3n) is 3.26. The Balaban J connectivity index is 1.78. The van der Waals surface area contributed by atoms with Crippen LogP contribution in [0.25, 0.3) is 11.5 Å². The van der Waals surface area contributed by atoms with E-state index >= 15 is 0 Å². The molecule has 1 aromatic carbocycles. The molecule has 0 bridgehead atoms. The third kappa shape index (κ3) is 4.33. The molecule has 126 valence electrons. The number of aryl methyl sites for hydroxylation is 1. The second kappa shape index (κ2) is 7.31. The van der Waals surface area contributed by atoms with Crippen molar-refractivity contribution in [2.24, 2.45) is 0 Å². The SMILES string of the molecule is Cc1nc(NC(=O)Cc2ccc(F)cc2Cl)nc(-c2ccccn2)n1. The molecule has 6 nitrogen and oxygen atoms in total. The maximum atomic E-state index is 13.1. The summed E-state index contributed by atoms with van der Waals surface area (Å²) in [6, 6.07) is 9.24. The molecule has 0 fully saturated rings. The average Bonchev–Trinajstić information content (AvgIpc) is 2.58. The second-order valence-electron chi connectivity index (χ2n) is 5.21. The van der Waals surface area contributed by atoms with Crippen LogP contribution in [0.15, 0.2) is 42.6 Å². The maximum Gasteiger partial charge on any atom is 0.233 e. The molecule has 0 spiro atoms. The largest absolute Gasteiger partial charge is 0.294 e. The van der Waals surface area contributed by atoms with E-state index in [1.807, 2.05) is 6.07 Å². The molecule has 0 aliphatic carbocycles. The summed E-state index contributed by atoms with van der Waals surface area (Å²) in [5, 5.41) is 2.79.